The van der Waals surface area contributed by atoms with Gasteiger partial charge < -0.3 is 10.2 Å². The van der Waals surface area contributed by atoms with Crippen LogP contribution in [0.25, 0.3) is 0 Å². The first kappa shape index (κ1) is 22.2. The van der Waals surface area contributed by atoms with E-state index in [9.17, 15) is 14.9 Å². The highest BCUT2D eigenvalue weighted by Crippen LogP contribution is 2.36. The van der Waals surface area contributed by atoms with E-state index in [2.05, 4.69) is 5.32 Å². The van der Waals surface area contributed by atoms with Gasteiger partial charge >= 0.3 is 0 Å². The van der Waals surface area contributed by atoms with E-state index in [-0.39, 0.29) is 30.0 Å². The SMILES string of the molecule is CNCC1CCCN1C(=O)c1ccc(Sc2ccc(C)cc2)c([N+](=O)[O-])c1.Cl. The number of nitrogens with zero attached hydrogens (tertiary/aromatic N) is 2. The Kier molecular flexibility index (Phi) is 7.86. The van der Waals surface area contributed by atoms with Gasteiger partial charge in [-0.2, -0.15) is 0 Å². The van der Waals surface area contributed by atoms with Gasteiger partial charge in [-0.05, 0) is 51.1 Å². The van der Waals surface area contributed by atoms with E-state index in [1.54, 1.807) is 12.1 Å². The fraction of sp³-hybridized carbons (Fsp3) is 0.350. The Morgan fingerprint density at radius 1 is 1.29 bits per heavy atom. The molecule has 1 amide bonds. The summed E-state index contributed by atoms with van der Waals surface area (Å²) in [4.78, 5) is 27.3. The van der Waals surface area contributed by atoms with Crippen molar-refractivity contribution in [2.45, 2.75) is 35.6 Å². The number of likely N-dealkylation sites (N-methyl/N-ethyl adjacent to an activating group) is 1. The Bertz CT molecular complexity index is 845. The summed E-state index contributed by atoms with van der Waals surface area (Å²) < 4.78 is 0. The van der Waals surface area contributed by atoms with Gasteiger partial charge in [0.2, 0.25) is 0 Å². The van der Waals surface area contributed by atoms with E-state index < -0.39 is 4.92 Å². The van der Waals surface area contributed by atoms with Gasteiger partial charge in [0.1, 0.15) is 0 Å². The average Bonchev–Trinajstić information content (AvgIpc) is 3.12. The fourth-order valence-electron chi connectivity index (χ4n) is 3.33. The largest absolute Gasteiger partial charge is 0.334 e. The van der Waals surface area contributed by atoms with Crippen molar-refractivity contribution in [3.63, 3.8) is 0 Å². The van der Waals surface area contributed by atoms with Crippen LogP contribution in [0.2, 0.25) is 0 Å². The number of carbonyl (C=O) groups excluding carboxylic acids is 1. The van der Waals surface area contributed by atoms with E-state index in [0.29, 0.717) is 17.0 Å². The quantitative estimate of drug-likeness (QED) is 0.555. The Morgan fingerprint density at radius 2 is 2.00 bits per heavy atom. The van der Waals surface area contributed by atoms with Crippen molar-refractivity contribution in [2.24, 2.45) is 0 Å². The maximum absolute atomic E-state index is 12.9. The summed E-state index contributed by atoms with van der Waals surface area (Å²) in [6.45, 7) is 3.42. The number of hydrogen-bond acceptors (Lipinski definition) is 5. The number of aryl methyl sites for hydroxylation is 1. The molecule has 0 saturated carbocycles. The molecule has 1 atom stereocenters. The van der Waals surface area contributed by atoms with Gasteiger partial charge in [0.05, 0.1) is 9.82 Å². The van der Waals surface area contributed by atoms with E-state index in [1.165, 1.54) is 17.8 Å². The highest BCUT2D eigenvalue weighted by Gasteiger charge is 2.30. The summed E-state index contributed by atoms with van der Waals surface area (Å²) >= 11 is 1.34. The summed E-state index contributed by atoms with van der Waals surface area (Å²) in [5.74, 6) is -0.136. The van der Waals surface area contributed by atoms with E-state index in [4.69, 9.17) is 0 Å². The zero-order chi connectivity index (χ0) is 19.4. The molecule has 8 heteroatoms. The van der Waals surface area contributed by atoms with Gasteiger partial charge in [-0.3, -0.25) is 14.9 Å². The number of amides is 1. The Labute approximate surface area is 175 Å². The third-order valence-electron chi connectivity index (χ3n) is 4.73. The van der Waals surface area contributed by atoms with Gasteiger partial charge in [-0.15, -0.1) is 12.4 Å². The molecule has 1 N–H and O–H groups in total. The first-order valence-corrected chi connectivity index (χ1v) is 9.80. The minimum Gasteiger partial charge on any atom is -0.334 e. The molecule has 0 bridgehead atoms. The number of nitro benzene ring substituents is 1. The molecule has 6 nitrogen and oxygen atoms in total. The van der Waals surface area contributed by atoms with Gasteiger partial charge in [0.25, 0.3) is 11.6 Å². The lowest BCUT2D eigenvalue weighted by Gasteiger charge is -2.24. The summed E-state index contributed by atoms with van der Waals surface area (Å²) in [5.41, 5.74) is 1.48. The Hall–Kier alpha value is -2.09. The number of nitrogens with one attached hydrogen (secondary N) is 1. The van der Waals surface area contributed by atoms with Gasteiger partial charge in [0.15, 0.2) is 0 Å². The molecule has 0 spiro atoms. The van der Waals surface area contributed by atoms with Crippen molar-refractivity contribution in [3.8, 4) is 0 Å². The molecule has 0 aliphatic carbocycles. The van der Waals surface area contributed by atoms with Crippen LogP contribution in [0, 0.1) is 17.0 Å². The molecule has 3 rings (SSSR count). The summed E-state index contributed by atoms with van der Waals surface area (Å²) in [7, 11) is 1.86. The lowest BCUT2D eigenvalue weighted by molar-refractivity contribution is -0.387. The Morgan fingerprint density at radius 3 is 2.64 bits per heavy atom. The van der Waals surface area contributed by atoms with Crippen molar-refractivity contribution in [1.82, 2.24) is 10.2 Å². The summed E-state index contributed by atoms with van der Waals surface area (Å²) in [5, 5.41) is 14.7. The molecular weight excluding hydrogens is 398 g/mol. The molecule has 150 valence electrons. The van der Waals surface area contributed by atoms with Crippen LogP contribution in [0.5, 0.6) is 0 Å². The van der Waals surface area contributed by atoms with E-state index in [1.807, 2.05) is 43.1 Å². The van der Waals surface area contributed by atoms with Crippen LogP contribution in [-0.2, 0) is 0 Å². The molecule has 0 aromatic heterocycles. The van der Waals surface area contributed by atoms with Gasteiger partial charge in [0, 0.05) is 35.7 Å². The standard InChI is InChI=1S/C20H23N3O3S.ClH/c1-14-5-8-17(9-6-14)27-19-10-7-15(12-18(19)23(25)26)20(24)22-11-3-4-16(22)13-21-2;/h5-10,12,16,21H,3-4,11,13H2,1-2H3;1H. The first-order chi connectivity index (χ1) is 13.0. The molecule has 2 aromatic rings. The molecule has 1 aliphatic heterocycles. The van der Waals surface area contributed by atoms with Crippen molar-refractivity contribution in [3.05, 3.63) is 63.7 Å². The predicted molar refractivity (Wildman–Crippen MR) is 114 cm³/mol. The smallest absolute Gasteiger partial charge is 0.284 e. The molecular formula is C20H24ClN3O3S. The molecule has 2 aromatic carbocycles. The van der Waals surface area contributed by atoms with Crippen LogP contribution in [0.3, 0.4) is 0 Å². The van der Waals surface area contributed by atoms with Crippen LogP contribution in [0.4, 0.5) is 5.69 Å². The van der Waals surface area contributed by atoms with E-state index >= 15 is 0 Å². The minimum atomic E-state index is -0.414. The molecule has 1 saturated heterocycles. The average molecular weight is 422 g/mol. The van der Waals surface area contributed by atoms with Crippen molar-refractivity contribution >= 4 is 35.8 Å². The van der Waals surface area contributed by atoms with Gasteiger partial charge in [-0.1, -0.05) is 29.5 Å². The van der Waals surface area contributed by atoms with Crippen LogP contribution in [0.15, 0.2) is 52.3 Å². The highest BCUT2D eigenvalue weighted by atomic mass is 35.5. The monoisotopic (exact) mass is 421 g/mol. The number of nitro groups is 1. The second-order valence-corrected chi connectivity index (χ2v) is 7.82. The van der Waals surface area contributed by atoms with E-state index in [0.717, 1.165) is 29.8 Å². The molecule has 28 heavy (non-hydrogen) atoms. The minimum absolute atomic E-state index is 0. The number of carbonyl (C=O) groups is 1. The topological polar surface area (TPSA) is 75.5 Å². The Balaban J connectivity index is 0.00000280. The third kappa shape index (κ3) is 5.04. The van der Waals surface area contributed by atoms with Crippen LogP contribution in [0.1, 0.15) is 28.8 Å². The van der Waals surface area contributed by atoms with Gasteiger partial charge in [-0.25, -0.2) is 0 Å². The first-order valence-electron chi connectivity index (χ1n) is 8.98. The zero-order valence-electron chi connectivity index (χ0n) is 15.9. The molecule has 1 fully saturated rings. The number of likely N-dealkylation sites (tertiary alicyclic amines) is 1. The van der Waals surface area contributed by atoms with Crippen LogP contribution >= 0.6 is 24.2 Å². The van der Waals surface area contributed by atoms with Crippen molar-refractivity contribution in [2.75, 3.05) is 20.1 Å². The van der Waals surface area contributed by atoms with Crippen LogP contribution in [-0.4, -0.2) is 41.9 Å². The predicted octanol–water partition coefficient (Wildman–Crippen LogP) is 4.30. The third-order valence-corrected chi connectivity index (χ3v) is 5.80. The van der Waals surface area contributed by atoms with Crippen molar-refractivity contribution in [1.29, 1.82) is 0 Å². The lowest BCUT2D eigenvalue weighted by atomic mass is 10.1. The lowest BCUT2D eigenvalue weighted by Crippen LogP contribution is -2.40. The summed E-state index contributed by atoms with van der Waals surface area (Å²) in [6.07, 6.45) is 1.91. The molecule has 0 radical (unpaired) electrons. The number of hydrogen-bond donors (Lipinski definition) is 1. The number of rotatable bonds is 6. The highest BCUT2D eigenvalue weighted by molar-refractivity contribution is 7.99. The summed E-state index contributed by atoms with van der Waals surface area (Å²) in [6, 6.07) is 12.8. The maximum Gasteiger partial charge on any atom is 0.284 e. The molecule has 1 heterocycles. The molecule has 1 unspecified atom stereocenters. The second-order valence-electron chi connectivity index (χ2n) is 6.71. The second kappa shape index (κ2) is 9.91. The molecule has 1 aliphatic rings. The van der Waals surface area contributed by atoms with Crippen LogP contribution < -0.4 is 5.32 Å². The van der Waals surface area contributed by atoms with Crippen molar-refractivity contribution < 1.29 is 9.72 Å². The number of benzene rings is 2. The normalized spacial score (nSPS) is 15.9. The zero-order valence-corrected chi connectivity index (χ0v) is 17.5. The fourth-order valence-corrected chi connectivity index (χ4v) is 4.23. The maximum atomic E-state index is 12.9. The number of halogens is 1.